The fourth-order valence-corrected chi connectivity index (χ4v) is 6.33. The van der Waals surface area contributed by atoms with Gasteiger partial charge in [0.15, 0.2) is 12.6 Å². The fraction of sp³-hybridized carbons (Fsp3) is 0.767. The molecule has 0 bridgehead atoms. The van der Waals surface area contributed by atoms with Crippen LogP contribution in [0.1, 0.15) is 64.2 Å². The molecule has 1 aliphatic carbocycles. The van der Waals surface area contributed by atoms with Crippen molar-refractivity contribution in [2.45, 2.75) is 101 Å². The van der Waals surface area contributed by atoms with Gasteiger partial charge in [-0.1, -0.05) is 24.6 Å². The molecule has 10 heteroatoms. The van der Waals surface area contributed by atoms with E-state index in [1.165, 1.54) is 11.8 Å². The van der Waals surface area contributed by atoms with E-state index in [0.717, 1.165) is 69.3 Å². The van der Waals surface area contributed by atoms with Crippen LogP contribution in [-0.4, -0.2) is 91.1 Å². The van der Waals surface area contributed by atoms with Gasteiger partial charge in [0.2, 0.25) is 0 Å². The Bertz CT molecular complexity index is 832. The lowest BCUT2D eigenvalue weighted by Crippen LogP contribution is -2.40. The van der Waals surface area contributed by atoms with Gasteiger partial charge in [0.1, 0.15) is 18.5 Å². The molecule has 7 unspecified atom stereocenters. The zero-order chi connectivity index (χ0) is 28.0. The van der Waals surface area contributed by atoms with Gasteiger partial charge >= 0.3 is 5.97 Å². The third-order valence-electron chi connectivity index (χ3n) is 7.66. The molecule has 0 radical (unpaired) electrons. The van der Waals surface area contributed by atoms with Crippen LogP contribution in [0.4, 0.5) is 0 Å². The molecule has 226 valence electrons. The molecule has 3 fully saturated rings. The van der Waals surface area contributed by atoms with Crippen LogP contribution in [0.25, 0.3) is 0 Å². The van der Waals surface area contributed by atoms with E-state index < -0.39 is 12.1 Å². The van der Waals surface area contributed by atoms with Gasteiger partial charge in [-0.25, -0.2) is 0 Å². The summed E-state index contributed by atoms with van der Waals surface area (Å²) in [4.78, 5) is 10.8. The minimum absolute atomic E-state index is 0.0836. The van der Waals surface area contributed by atoms with Crippen molar-refractivity contribution >= 4 is 17.7 Å². The molecule has 9 nitrogen and oxygen atoms in total. The van der Waals surface area contributed by atoms with Crippen LogP contribution in [0, 0.1) is 5.92 Å². The summed E-state index contributed by atoms with van der Waals surface area (Å²) >= 11 is 1.43. The van der Waals surface area contributed by atoms with Gasteiger partial charge in [-0.05, 0) is 69.3 Å². The van der Waals surface area contributed by atoms with Crippen molar-refractivity contribution in [1.29, 1.82) is 0 Å². The van der Waals surface area contributed by atoms with Crippen LogP contribution in [0.5, 0.6) is 5.75 Å². The second-order valence-electron chi connectivity index (χ2n) is 10.9. The van der Waals surface area contributed by atoms with Gasteiger partial charge in [-0.2, -0.15) is 11.8 Å². The summed E-state index contributed by atoms with van der Waals surface area (Å²) in [6.45, 7) is 2.00. The Morgan fingerprint density at radius 1 is 1.00 bits per heavy atom. The number of hydrogen-bond donors (Lipinski definition) is 2. The molecule has 1 aromatic carbocycles. The first kappa shape index (κ1) is 31.5. The lowest BCUT2D eigenvalue weighted by Gasteiger charge is -2.32. The van der Waals surface area contributed by atoms with E-state index >= 15 is 0 Å². The van der Waals surface area contributed by atoms with Crippen LogP contribution in [-0.2, 0) is 28.5 Å². The third-order valence-corrected chi connectivity index (χ3v) is 8.69. The number of para-hydroxylation sites is 1. The van der Waals surface area contributed by atoms with Crippen LogP contribution in [0.3, 0.4) is 0 Å². The van der Waals surface area contributed by atoms with Crippen molar-refractivity contribution in [1.82, 2.24) is 0 Å². The number of carbonyl (C=O) groups is 1. The summed E-state index contributed by atoms with van der Waals surface area (Å²) < 4.78 is 37.0. The molecule has 0 spiro atoms. The van der Waals surface area contributed by atoms with Crippen molar-refractivity contribution in [3.63, 3.8) is 0 Å². The number of hydrogen-bond acceptors (Lipinski definition) is 9. The average Bonchev–Trinajstić information content (AvgIpc) is 3.26. The standard InChI is InChI=1S/C30H46O9S/c31-25-18-26(39-29-14-5-8-16-35-29)30(24(25)12-6-9-17-40-21-27(32)33)37-20-23(38-28-13-4-7-15-34-28)19-36-22-10-2-1-3-11-22/h1-3,10-11,23-26,28-31H,4-9,12-21H2,(H,32,33). The Morgan fingerprint density at radius 3 is 2.45 bits per heavy atom. The SMILES string of the molecule is O=C(O)CSCCCCC1C(O)CC(OC2CCCCO2)C1OCC(COc1ccccc1)OC1CCCCO1. The van der Waals surface area contributed by atoms with Gasteiger partial charge in [-0.3, -0.25) is 4.79 Å². The largest absolute Gasteiger partial charge is 0.491 e. The first-order valence-corrected chi connectivity index (χ1v) is 16.0. The topological polar surface area (TPSA) is 113 Å². The summed E-state index contributed by atoms with van der Waals surface area (Å²) in [5.74, 6) is 0.795. The predicted molar refractivity (Wildman–Crippen MR) is 152 cm³/mol. The van der Waals surface area contributed by atoms with Gasteiger partial charge < -0.3 is 38.6 Å². The summed E-state index contributed by atoms with van der Waals surface area (Å²) in [5.41, 5.74) is 0. The molecular formula is C30H46O9S. The molecular weight excluding hydrogens is 536 g/mol. The summed E-state index contributed by atoms with van der Waals surface area (Å²) in [5, 5.41) is 19.9. The molecule has 1 aromatic rings. The smallest absolute Gasteiger partial charge is 0.313 e. The highest BCUT2D eigenvalue weighted by atomic mass is 32.2. The molecule has 4 rings (SSSR count). The molecule has 0 aromatic heterocycles. The molecule has 40 heavy (non-hydrogen) atoms. The van der Waals surface area contributed by atoms with Crippen molar-refractivity contribution in [3.8, 4) is 5.75 Å². The van der Waals surface area contributed by atoms with Crippen LogP contribution < -0.4 is 4.74 Å². The number of carboxylic acids is 1. The zero-order valence-electron chi connectivity index (χ0n) is 23.4. The summed E-state index contributed by atoms with van der Waals surface area (Å²) in [6, 6.07) is 9.66. The maximum atomic E-state index is 11.1. The van der Waals surface area contributed by atoms with Crippen molar-refractivity contribution in [3.05, 3.63) is 30.3 Å². The van der Waals surface area contributed by atoms with E-state index in [9.17, 15) is 9.90 Å². The first-order chi connectivity index (χ1) is 19.6. The summed E-state index contributed by atoms with van der Waals surface area (Å²) in [7, 11) is 0. The van der Waals surface area contributed by atoms with Crippen LogP contribution in [0.2, 0.25) is 0 Å². The highest BCUT2D eigenvalue weighted by Gasteiger charge is 2.45. The molecule has 2 aliphatic heterocycles. The molecule has 7 atom stereocenters. The number of rotatable bonds is 17. The fourth-order valence-electron chi connectivity index (χ4n) is 5.60. The zero-order valence-corrected chi connectivity index (χ0v) is 24.2. The Kier molecular flexibility index (Phi) is 13.8. The Labute approximate surface area is 242 Å². The normalized spacial score (nSPS) is 29.7. The summed E-state index contributed by atoms with van der Waals surface area (Å²) in [6.07, 6.45) is 6.95. The minimum Gasteiger partial charge on any atom is -0.491 e. The van der Waals surface area contributed by atoms with Gasteiger partial charge in [0.25, 0.3) is 0 Å². The quantitative estimate of drug-likeness (QED) is 0.252. The molecule has 2 N–H and O–H groups in total. The molecule has 2 heterocycles. The molecule has 3 aliphatic rings. The van der Waals surface area contributed by atoms with E-state index in [1.807, 2.05) is 30.3 Å². The maximum absolute atomic E-state index is 11.1. The van der Waals surface area contributed by atoms with Gasteiger partial charge in [-0.15, -0.1) is 0 Å². The maximum Gasteiger partial charge on any atom is 0.313 e. The molecule has 1 saturated carbocycles. The Hall–Kier alpha value is -1.40. The predicted octanol–water partition coefficient (Wildman–Crippen LogP) is 4.64. The number of aliphatic hydroxyl groups excluding tert-OH is 1. The van der Waals surface area contributed by atoms with E-state index in [-0.39, 0.29) is 42.6 Å². The monoisotopic (exact) mass is 582 g/mol. The second kappa shape index (κ2) is 17.5. The van der Waals surface area contributed by atoms with E-state index in [2.05, 4.69) is 0 Å². The number of carboxylic acid groups (broad SMARTS) is 1. The van der Waals surface area contributed by atoms with E-state index in [0.29, 0.717) is 32.8 Å². The number of aliphatic carboxylic acids is 1. The van der Waals surface area contributed by atoms with Crippen LogP contribution in [0.15, 0.2) is 30.3 Å². The van der Waals surface area contributed by atoms with Gasteiger partial charge in [0, 0.05) is 25.6 Å². The highest BCUT2D eigenvalue weighted by Crippen LogP contribution is 2.37. The highest BCUT2D eigenvalue weighted by molar-refractivity contribution is 7.99. The lowest BCUT2D eigenvalue weighted by molar-refractivity contribution is -0.226. The van der Waals surface area contributed by atoms with E-state index in [1.54, 1.807) is 0 Å². The number of unbranched alkanes of at least 4 members (excludes halogenated alkanes) is 1. The number of aliphatic hydroxyl groups is 1. The average molecular weight is 583 g/mol. The number of thioether (sulfide) groups is 1. The molecule has 0 amide bonds. The van der Waals surface area contributed by atoms with Crippen LogP contribution >= 0.6 is 11.8 Å². The van der Waals surface area contributed by atoms with Crippen molar-refractivity contribution < 1.29 is 43.4 Å². The van der Waals surface area contributed by atoms with Crippen molar-refractivity contribution in [2.75, 3.05) is 37.9 Å². The van der Waals surface area contributed by atoms with Gasteiger partial charge in [0.05, 0.1) is 30.7 Å². The lowest BCUT2D eigenvalue weighted by atomic mass is 9.96. The Morgan fingerprint density at radius 2 is 1.75 bits per heavy atom. The number of ether oxygens (including phenoxy) is 6. The molecule has 2 saturated heterocycles. The second-order valence-corrected chi connectivity index (χ2v) is 12.0. The Balaban J connectivity index is 1.36. The third kappa shape index (κ3) is 10.8. The van der Waals surface area contributed by atoms with E-state index in [4.69, 9.17) is 33.5 Å². The van der Waals surface area contributed by atoms with Crippen molar-refractivity contribution in [2.24, 2.45) is 5.92 Å². The minimum atomic E-state index is -0.791. The number of benzene rings is 1. The first-order valence-electron chi connectivity index (χ1n) is 14.9.